The number of amides is 2. The Hall–Kier alpha value is -1.95. The fourth-order valence-corrected chi connectivity index (χ4v) is 3.42. The number of hydrogen-bond acceptors (Lipinski definition) is 4. The van der Waals surface area contributed by atoms with Crippen LogP contribution in [0.3, 0.4) is 0 Å². The molecule has 2 aliphatic rings. The summed E-state index contributed by atoms with van der Waals surface area (Å²) < 4.78 is 11.2. The molecule has 0 radical (unpaired) electrons. The summed E-state index contributed by atoms with van der Waals surface area (Å²) in [6, 6.07) is 5.88. The third kappa shape index (κ3) is 4.37. The van der Waals surface area contributed by atoms with Gasteiger partial charge in [-0.05, 0) is 50.9 Å². The molecule has 6 heteroatoms. The highest BCUT2D eigenvalue weighted by atomic mass is 16.6. The van der Waals surface area contributed by atoms with Crippen LogP contribution in [0, 0.1) is 0 Å². The van der Waals surface area contributed by atoms with E-state index in [1.54, 1.807) is 0 Å². The maximum atomic E-state index is 12.8. The molecule has 1 atom stereocenters. The van der Waals surface area contributed by atoms with Crippen LogP contribution in [0.2, 0.25) is 0 Å². The Balaban J connectivity index is 1.70. The van der Waals surface area contributed by atoms with E-state index in [-0.39, 0.29) is 17.6 Å². The molecule has 2 aliphatic heterocycles. The Labute approximate surface area is 149 Å². The minimum atomic E-state index is -0.0629. The highest BCUT2D eigenvalue weighted by Gasteiger charge is 2.28. The lowest BCUT2D eigenvalue weighted by molar-refractivity contribution is 0.171. The first-order valence-electron chi connectivity index (χ1n) is 9.18. The third-order valence-corrected chi connectivity index (χ3v) is 4.76. The molecule has 0 bridgehead atoms. The van der Waals surface area contributed by atoms with Crippen molar-refractivity contribution in [2.45, 2.75) is 45.2 Å². The number of carbonyl (C=O) groups excluding carboxylic acids is 1. The van der Waals surface area contributed by atoms with Crippen molar-refractivity contribution in [2.24, 2.45) is 0 Å². The highest BCUT2D eigenvalue weighted by Crippen LogP contribution is 2.33. The molecular formula is C19H29N3O3. The van der Waals surface area contributed by atoms with E-state index in [4.69, 9.17) is 9.47 Å². The van der Waals surface area contributed by atoms with E-state index in [0.29, 0.717) is 19.8 Å². The predicted molar refractivity (Wildman–Crippen MR) is 97.3 cm³/mol. The van der Waals surface area contributed by atoms with Crippen molar-refractivity contribution in [3.8, 4) is 11.5 Å². The molecule has 2 heterocycles. The molecular weight excluding hydrogens is 318 g/mol. The molecule has 3 rings (SSSR count). The van der Waals surface area contributed by atoms with Crippen LogP contribution in [-0.2, 0) is 0 Å². The minimum absolute atomic E-state index is 0.00138. The fourth-order valence-electron chi connectivity index (χ4n) is 3.42. The van der Waals surface area contributed by atoms with Crippen molar-refractivity contribution < 1.29 is 14.3 Å². The van der Waals surface area contributed by atoms with Crippen LogP contribution >= 0.6 is 0 Å². The second kappa shape index (κ2) is 7.52. The molecule has 1 fully saturated rings. The molecule has 1 aromatic carbocycles. The quantitative estimate of drug-likeness (QED) is 0.882. The summed E-state index contributed by atoms with van der Waals surface area (Å²) in [6.45, 7) is 9.92. The van der Waals surface area contributed by atoms with Gasteiger partial charge in [-0.2, -0.15) is 0 Å². The number of carbonyl (C=O) groups is 1. The Kier molecular flexibility index (Phi) is 5.37. The summed E-state index contributed by atoms with van der Waals surface area (Å²) in [7, 11) is 0. The molecule has 2 amide bonds. The van der Waals surface area contributed by atoms with Crippen LogP contribution in [0.4, 0.5) is 4.79 Å². The predicted octanol–water partition coefficient (Wildman–Crippen LogP) is 2.69. The summed E-state index contributed by atoms with van der Waals surface area (Å²) in [4.78, 5) is 14.7. The van der Waals surface area contributed by atoms with Crippen molar-refractivity contribution in [1.82, 2.24) is 15.5 Å². The molecule has 0 aromatic heterocycles. The first kappa shape index (κ1) is 17.9. The second-order valence-electron chi connectivity index (χ2n) is 7.40. The van der Waals surface area contributed by atoms with E-state index in [1.165, 1.54) is 0 Å². The molecule has 1 aromatic rings. The SMILES string of the molecule is CCC(NC(=O)N1CCCNC(C)(C)C1)c1ccc2c(c1)OCCO2. The van der Waals surface area contributed by atoms with E-state index in [0.717, 1.165) is 43.0 Å². The van der Waals surface area contributed by atoms with Crippen LogP contribution < -0.4 is 20.1 Å². The fraction of sp³-hybridized carbons (Fsp3) is 0.632. The third-order valence-electron chi connectivity index (χ3n) is 4.76. The molecule has 0 spiro atoms. The van der Waals surface area contributed by atoms with Crippen LogP contribution in [-0.4, -0.2) is 49.3 Å². The van der Waals surface area contributed by atoms with E-state index < -0.39 is 0 Å². The zero-order valence-corrected chi connectivity index (χ0v) is 15.4. The summed E-state index contributed by atoms with van der Waals surface area (Å²) in [5.74, 6) is 1.54. The Morgan fingerprint density at radius 3 is 2.84 bits per heavy atom. The zero-order valence-electron chi connectivity index (χ0n) is 15.4. The number of urea groups is 1. The van der Waals surface area contributed by atoms with Gasteiger partial charge in [0.15, 0.2) is 11.5 Å². The smallest absolute Gasteiger partial charge is 0.317 e. The summed E-state index contributed by atoms with van der Waals surface area (Å²) in [6.07, 6.45) is 1.79. The van der Waals surface area contributed by atoms with Crippen molar-refractivity contribution in [1.29, 1.82) is 0 Å². The van der Waals surface area contributed by atoms with Gasteiger partial charge in [0.25, 0.3) is 0 Å². The van der Waals surface area contributed by atoms with Crippen LogP contribution in [0.1, 0.15) is 45.2 Å². The lowest BCUT2D eigenvalue weighted by Gasteiger charge is -2.31. The number of rotatable bonds is 3. The van der Waals surface area contributed by atoms with Gasteiger partial charge in [-0.1, -0.05) is 13.0 Å². The largest absolute Gasteiger partial charge is 0.486 e. The lowest BCUT2D eigenvalue weighted by atomic mass is 10.0. The van der Waals surface area contributed by atoms with Crippen molar-refractivity contribution in [3.63, 3.8) is 0 Å². The molecule has 1 saturated heterocycles. The molecule has 25 heavy (non-hydrogen) atoms. The Morgan fingerprint density at radius 2 is 2.08 bits per heavy atom. The monoisotopic (exact) mass is 347 g/mol. The van der Waals surface area contributed by atoms with Gasteiger partial charge < -0.3 is 25.0 Å². The maximum absolute atomic E-state index is 12.8. The zero-order chi connectivity index (χ0) is 17.9. The van der Waals surface area contributed by atoms with Gasteiger partial charge in [0.1, 0.15) is 13.2 Å². The summed E-state index contributed by atoms with van der Waals surface area (Å²) >= 11 is 0. The first-order chi connectivity index (χ1) is 12.0. The maximum Gasteiger partial charge on any atom is 0.317 e. The molecule has 6 nitrogen and oxygen atoms in total. The van der Waals surface area contributed by atoms with Gasteiger partial charge in [-0.3, -0.25) is 0 Å². The number of fused-ring (bicyclic) bond motifs is 1. The van der Waals surface area contributed by atoms with Gasteiger partial charge in [0, 0.05) is 18.6 Å². The Bertz CT molecular complexity index is 618. The highest BCUT2D eigenvalue weighted by molar-refractivity contribution is 5.75. The average Bonchev–Trinajstić information content (AvgIpc) is 2.79. The number of ether oxygens (including phenoxy) is 2. The number of nitrogens with zero attached hydrogens (tertiary/aromatic N) is 1. The van der Waals surface area contributed by atoms with Gasteiger partial charge in [-0.25, -0.2) is 4.79 Å². The van der Waals surface area contributed by atoms with Crippen molar-refractivity contribution in [3.05, 3.63) is 23.8 Å². The normalized spacial score (nSPS) is 20.5. The molecule has 1 unspecified atom stereocenters. The summed E-state index contributed by atoms with van der Waals surface area (Å²) in [5.41, 5.74) is 0.985. The van der Waals surface area contributed by atoms with E-state index in [1.807, 2.05) is 23.1 Å². The van der Waals surface area contributed by atoms with Crippen LogP contribution in [0.5, 0.6) is 11.5 Å². The van der Waals surface area contributed by atoms with Crippen LogP contribution in [0.25, 0.3) is 0 Å². The van der Waals surface area contributed by atoms with E-state index >= 15 is 0 Å². The number of benzene rings is 1. The number of hydrogen-bond donors (Lipinski definition) is 2. The minimum Gasteiger partial charge on any atom is -0.486 e. The molecule has 0 aliphatic carbocycles. The van der Waals surface area contributed by atoms with E-state index in [9.17, 15) is 4.79 Å². The number of nitrogens with one attached hydrogen (secondary N) is 2. The first-order valence-corrected chi connectivity index (χ1v) is 9.18. The molecule has 138 valence electrons. The summed E-state index contributed by atoms with van der Waals surface area (Å²) in [5, 5.41) is 6.67. The van der Waals surface area contributed by atoms with Crippen molar-refractivity contribution in [2.75, 3.05) is 32.8 Å². The van der Waals surface area contributed by atoms with Gasteiger partial charge in [0.05, 0.1) is 6.04 Å². The topological polar surface area (TPSA) is 62.8 Å². The standard InChI is InChI=1S/C19H29N3O3/c1-4-15(14-6-7-16-17(12-14)25-11-10-24-16)21-18(23)22-9-5-8-20-19(2,3)13-22/h6-7,12,15,20H,4-5,8-11,13H2,1-3H3,(H,21,23). The van der Waals surface area contributed by atoms with Gasteiger partial charge in [-0.15, -0.1) is 0 Å². The average molecular weight is 347 g/mol. The molecule has 2 N–H and O–H groups in total. The van der Waals surface area contributed by atoms with Gasteiger partial charge in [0.2, 0.25) is 0 Å². The molecule has 0 saturated carbocycles. The Morgan fingerprint density at radius 1 is 1.32 bits per heavy atom. The van der Waals surface area contributed by atoms with Gasteiger partial charge >= 0.3 is 6.03 Å². The van der Waals surface area contributed by atoms with Crippen molar-refractivity contribution >= 4 is 6.03 Å². The second-order valence-corrected chi connectivity index (χ2v) is 7.40. The lowest BCUT2D eigenvalue weighted by Crippen LogP contribution is -2.50. The van der Waals surface area contributed by atoms with E-state index in [2.05, 4.69) is 31.4 Å². The van der Waals surface area contributed by atoms with Crippen LogP contribution in [0.15, 0.2) is 18.2 Å².